The number of nitrogens with zero attached hydrogens (tertiary/aromatic N) is 4. The second-order valence-electron chi connectivity index (χ2n) is 10.9. The molecule has 0 unspecified atom stereocenters. The molecule has 4 heteroatoms. The summed E-state index contributed by atoms with van der Waals surface area (Å²) in [7, 11) is 0. The third-order valence-electron chi connectivity index (χ3n) is 8.45. The van der Waals surface area contributed by atoms with Crippen LogP contribution >= 0.6 is 0 Å². The van der Waals surface area contributed by atoms with E-state index < -0.39 is 0 Å². The fourth-order valence-corrected chi connectivity index (χ4v) is 6.20. The minimum absolute atomic E-state index is 1.02. The van der Waals surface area contributed by atoms with Crippen LogP contribution in [0, 0.1) is 6.92 Å². The molecule has 0 saturated carbocycles. The van der Waals surface area contributed by atoms with E-state index in [-0.39, 0.29) is 0 Å². The Hall–Kier alpha value is -2.72. The predicted molar refractivity (Wildman–Crippen MR) is 152 cm³/mol. The summed E-state index contributed by atoms with van der Waals surface area (Å²) in [6, 6.07) is 7.02. The zero-order valence-electron chi connectivity index (χ0n) is 22.7. The maximum absolute atomic E-state index is 4.57. The summed E-state index contributed by atoms with van der Waals surface area (Å²) in [5.41, 5.74) is 11.1. The van der Waals surface area contributed by atoms with Crippen LogP contribution in [0.3, 0.4) is 0 Å². The third kappa shape index (κ3) is 5.49. The molecule has 0 spiro atoms. The van der Waals surface area contributed by atoms with Crippen LogP contribution in [0.15, 0.2) is 71.6 Å². The number of piperazine rings is 2. The van der Waals surface area contributed by atoms with Crippen LogP contribution in [0.1, 0.15) is 56.2 Å². The molecule has 0 radical (unpaired) electrons. The third-order valence-corrected chi connectivity index (χ3v) is 8.45. The molecule has 4 nitrogen and oxygen atoms in total. The van der Waals surface area contributed by atoms with Crippen LogP contribution in [0.4, 0.5) is 0 Å². The number of hydrogen-bond donors (Lipinski definition) is 0. The van der Waals surface area contributed by atoms with Gasteiger partial charge in [0.25, 0.3) is 0 Å². The molecule has 0 N–H and O–H groups in total. The molecule has 36 heavy (non-hydrogen) atoms. The molecule has 2 aliphatic carbocycles. The van der Waals surface area contributed by atoms with Gasteiger partial charge >= 0.3 is 0 Å². The first-order valence-corrected chi connectivity index (χ1v) is 14.0. The van der Waals surface area contributed by atoms with Crippen molar-refractivity contribution in [1.82, 2.24) is 19.6 Å². The maximum Gasteiger partial charge on any atom is 0.0370 e. The van der Waals surface area contributed by atoms with Gasteiger partial charge < -0.3 is 14.7 Å². The van der Waals surface area contributed by atoms with Gasteiger partial charge in [-0.15, -0.1) is 0 Å². The Morgan fingerprint density at radius 1 is 0.694 bits per heavy atom. The molecular formula is C32H44N4. The van der Waals surface area contributed by atoms with Crippen LogP contribution in [-0.4, -0.2) is 72.0 Å². The highest BCUT2D eigenvalue weighted by molar-refractivity contribution is 5.65. The fraction of sp³-hybridized carbons (Fsp3) is 0.500. The Bertz CT molecular complexity index is 1090. The van der Waals surface area contributed by atoms with Crippen molar-refractivity contribution in [3.05, 3.63) is 88.3 Å². The summed E-state index contributed by atoms with van der Waals surface area (Å²) < 4.78 is 0. The maximum atomic E-state index is 4.57. The molecule has 2 aliphatic heterocycles. The Morgan fingerprint density at radius 3 is 1.78 bits per heavy atom. The van der Waals surface area contributed by atoms with Gasteiger partial charge in [-0.1, -0.05) is 43.0 Å². The van der Waals surface area contributed by atoms with Gasteiger partial charge in [0.1, 0.15) is 0 Å². The van der Waals surface area contributed by atoms with E-state index in [1.807, 2.05) is 0 Å². The standard InChI is InChI=1S/C32H44N4/c1-25-13-14-29(24-33-15-17-35(18-16-33)31-11-7-5-9-26(31)2)23-30(25)28(4)34-19-21-36(22-20-34)32-12-8-6-10-27(32)3/h9-14,23H,4-8,15-22,24H2,1-3H3. The molecule has 0 bridgehead atoms. The zero-order chi connectivity index (χ0) is 25.1. The van der Waals surface area contributed by atoms with Crippen molar-refractivity contribution in [3.8, 4) is 0 Å². The van der Waals surface area contributed by atoms with Crippen molar-refractivity contribution in [1.29, 1.82) is 0 Å². The lowest BCUT2D eigenvalue weighted by Crippen LogP contribution is -2.45. The average molecular weight is 485 g/mol. The summed E-state index contributed by atoms with van der Waals surface area (Å²) in [5.74, 6) is 0. The lowest BCUT2D eigenvalue weighted by molar-refractivity contribution is 0.154. The van der Waals surface area contributed by atoms with E-state index in [0.29, 0.717) is 0 Å². The molecule has 1 aromatic carbocycles. The number of rotatable bonds is 6. The summed E-state index contributed by atoms with van der Waals surface area (Å²) in [6.45, 7) is 21.1. The van der Waals surface area contributed by atoms with Gasteiger partial charge in [0.05, 0.1) is 0 Å². The highest BCUT2D eigenvalue weighted by Gasteiger charge is 2.23. The SMILES string of the molecule is C=C(c1cc(CN2CCN(C3=CCCC=C3C)CC2)ccc1C)N1CCN(C2=CCCC=C2C)CC1. The van der Waals surface area contributed by atoms with Crippen molar-refractivity contribution in [3.63, 3.8) is 0 Å². The summed E-state index contributed by atoms with van der Waals surface area (Å²) in [6.07, 6.45) is 14.4. The van der Waals surface area contributed by atoms with Crippen LogP contribution < -0.4 is 0 Å². The van der Waals surface area contributed by atoms with E-state index in [4.69, 9.17) is 0 Å². The number of benzene rings is 1. The van der Waals surface area contributed by atoms with Crippen molar-refractivity contribution >= 4 is 5.70 Å². The molecule has 2 heterocycles. The Morgan fingerprint density at radius 2 is 1.22 bits per heavy atom. The number of hydrogen-bond acceptors (Lipinski definition) is 4. The average Bonchev–Trinajstić information content (AvgIpc) is 2.91. The normalized spacial score (nSPS) is 21.6. The van der Waals surface area contributed by atoms with Gasteiger partial charge in [-0.05, 0) is 74.8 Å². The van der Waals surface area contributed by atoms with Crippen molar-refractivity contribution < 1.29 is 0 Å². The predicted octanol–water partition coefficient (Wildman–Crippen LogP) is 5.95. The Kier molecular flexibility index (Phi) is 7.71. The molecule has 1 aromatic rings. The highest BCUT2D eigenvalue weighted by Crippen LogP contribution is 2.28. The first-order chi connectivity index (χ1) is 17.5. The molecule has 192 valence electrons. The molecule has 0 amide bonds. The largest absolute Gasteiger partial charge is 0.369 e. The molecule has 5 rings (SSSR count). The Labute approximate surface area is 218 Å². The van der Waals surface area contributed by atoms with Gasteiger partial charge in [-0.2, -0.15) is 0 Å². The first-order valence-electron chi connectivity index (χ1n) is 14.0. The van der Waals surface area contributed by atoms with E-state index in [2.05, 4.69) is 89.5 Å². The Balaban J connectivity index is 1.17. The second-order valence-corrected chi connectivity index (χ2v) is 10.9. The second kappa shape index (κ2) is 11.1. The quantitative estimate of drug-likeness (QED) is 0.495. The van der Waals surface area contributed by atoms with Crippen LogP contribution in [0.25, 0.3) is 5.70 Å². The van der Waals surface area contributed by atoms with Crippen LogP contribution in [-0.2, 0) is 6.54 Å². The van der Waals surface area contributed by atoms with E-state index in [9.17, 15) is 0 Å². The van der Waals surface area contributed by atoms with E-state index >= 15 is 0 Å². The van der Waals surface area contributed by atoms with E-state index in [1.54, 1.807) is 0 Å². The van der Waals surface area contributed by atoms with Gasteiger partial charge in [0.2, 0.25) is 0 Å². The monoisotopic (exact) mass is 484 g/mol. The van der Waals surface area contributed by atoms with Crippen molar-refractivity contribution in [2.75, 3.05) is 52.4 Å². The molecule has 4 aliphatic rings. The lowest BCUT2D eigenvalue weighted by Gasteiger charge is -2.40. The first kappa shape index (κ1) is 25.0. The number of allylic oxidation sites excluding steroid dienone is 6. The van der Waals surface area contributed by atoms with Crippen LogP contribution in [0.5, 0.6) is 0 Å². The molecule has 0 aromatic heterocycles. The zero-order valence-corrected chi connectivity index (χ0v) is 22.7. The molecule has 2 fully saturated rings. The number of aryl methyl sites for hydroxylation is 1. The highest BCUT2D eigenvalue weighted by atomic mass is 15.3. The topological polar surface area (TPSA) is 13.0 Å². The van der Waals surface area contributed by atoms with E-state index in [0.717, 1.165) is 58.9 Å². The van der Waals surface area contributed by atoms with E-state index in [1.165, 1.54) is 70.6 Å². The molecule has 2 saturated heterocycles. The minimum Gasteiger partial charge on any atom is -0.369 e. The summed E-state index contributed by atoms with van der Waals surface area (Å²) in [4.78, 5) is 10.3. The van der Waals surface area contributed by atoms with Gasteiger partial charge in [-0.25, -0.2) is 0 Å². The van der Waals surface area contributed by atoms with Crippen molar-refractivity contribution in [2.24, 2.45) is 0 Å². The lowest BCUT2D eigenvalue weighted by atomic mass is 10.00. The van der Waals surface area contributed by atoms with Gasteiger partial charge in [-0.3, -0.25) is 4.90 Å². The van der Waals surface area contributed by atoms with Crippen molar-refractivity contribution in [2.45, 2.75) is 53.0 Å². The van der Waals surface area contributed by atoms with Gasteiger partial charge in [0, 0.05) is 81.6 Å². The van der Waals surface area contributed by atoms with Gasteiger partial charge in [0.15, 0.2) is 0 Å². The van der Waals surface area contributed by atoms with Crippen LogP contribution in [0.2, 0.25) is 0 Å². The fourth-order valence-electron chi connectivity index (χ4n) is 6.20. The molecular weight excluding hydrogens is 440 g/mol. The molecule has 0 atom stereocenters. The summed E-state index contributed by atoms with van der Waals surface area (Å²) in [5, 5.41) is 0. The minimum atomic E-state index is 1.02. The summed E-state index contributed by atoms with van der Waals surface area (Å²) >= 11 is 0. The smallest absolute Gasteiger partial charge is 0.0370 e.